The van der Waals surface area contributed by atoms with E-state index in [-0.39, 0.29) is 11.3 Å². The first-order valence-corrected chi connectivity index (χ1v) is 6.57. The predicted molar refractivity (Wildman–Crippen MR) is 75.4 cm³/mol. The smallest absolute Gasteiger partial charge is 0.387 e. The van der Waals surface area contributed by atoms with E-state index in [1.54, 1.807) is 25.1 Å². The summed E-state index contributed by atoms with van der Waals surface area (Å²) in [5, 5.41) is 2.65. The third-order valence-corrected chi connectivity index (χ3v) is 3.07. The molecule has 0 unspecified atom stereocenters. The number of hydrogen-bond donors (Lipinski definition) is 1. The molecule has 0 aliphatic heterocycles. The van der Waals surface area contributed by atoms with Crippen LogP contribution >= 0.6 is 0 Å². The number of hydrogen-bond acceptors (Lipinski definition) is 2. The van der Waals surface area contributed by atoms with E-state index in [0.29, 0.717) is 5.56 Å². The van der Waals surface area contributed by atoms with Gasteiger partial charge in [0, 0.05) is 0 Å². The van der Waals surface area contributed by atoms with Crippen molar-refractivity contribution in [1.29, 1.82) is 0 Å². The van der Waals surface area contributed by atoms with Crippen LogP contribution in [0.25, 0.3) is 0 Å². The zero-order chi connectivity index (χ0) is 16.1. The Labute approximate surface area is 125 Å². The van der Waals surface area contributed by atoms with Crippen molar-refractivity contribution < 1.29 is 22.7 Å². The Morgan fingerprint density at radius 1 is 1.09 bits per heavy atom. The van der Waals surface area contributed by atoms with Crippen molar-refractivity contribution in [2.24, 2.45) is 0 Å². The maximum Gasteiger partial charge on any atom is 0.387 e. The zero-order valence-corrected chi connectivity index (χ0v) is 11.7. The summed E-state index contributed by atoms with van der Waals surface area (Å²) in [7, 11) is 0. The fourth-order valence-corrected chi connectivity index (χ4v) is 1.94. The van der Waals surface area contributed by atoms with Gasteiger partial charge in [0.2, 0.25) is 0 Å². The van der Waals surface area contributed by atoms with Crippen molar-refractivity contribution in [3.63, 3.8) is 0 Å². The van der Waals surface area contributed by atoms with E-state index >= 15 is 0 Å². The number of halogens is 3. The van der Waals surface area contributed by atoms with Gasteiger partial charge in [-0.2, -0.15) is 8.78 Å². The first-order chi connectivity index (χ1) is 10.5. The monoisotopic (exact) mass is 309 g/mol. The average Bonchev–Trinajstić information content (AvgIpc) is 2.47. The highest BCUT2D eigenvalue weighted by atomic mass is 19.3. The van der Waals surface area contributed by atoms with Gasteiger partial charge in [0.25, 0.3) is 5.91 Å². The van der Waals surface area contributed by atoms with Crippen LogP contribution in [-0.2, 0) is 0 Å². The highest BCUT2D eigenvalue weighted by Gasteiger charge is 2.15. The molecule has 2 aromatic rings. The Bertz CT molecular complexity index is 644. The van der Waals surface area contributed by atoms with Crippen LogP contribution in [-0.4, -0.2) is 12.5 Å². The normalized spacial score (nSPS) is 12.0. The molecule has 22 heavy (non-hydrogen) atoms. The van der Waals surface area contributed by atoms with E-state index in [1.807, 2.05) is 0 Å². The SMILES string of the molecule is C[C@H](NC(=O)c1ccccc1F)c1ccc(OC(F)F)cc1. The van der Waals surface area contributed by atoms with E-state index in [4.69, 9.17) is 0 Å². The maximum atomic E-state index is 13.5. The lowest BCUT2D eigenvalue weighted by Crippen LogP contribution is -2.27. The van der Waals surface area contributed by atoms with E-state index in [9.17, 15) is 18.0 Å². The number of benzene rings is 2. The van der Waals surface area contributed by atoms with Crippen LogP contribution in [0.4, 0.5) is 13.2 Å². The van der Waals surface area contributed by atoms with Gasteiger partial charge in [-0.3, -0.25) is 4.79 Å². The lowest BCUT2D eigenvalue weighted by Gasteiger charge is -2.15. The average molecular weight is 309 g/mol. The first kappa shape index (κ1) is 15.9. The standard InChI is InChI=1S/C16H14F3NO2/c1-10(11-6-8-12(9-7-11)22-16(18)19)20-15(21)13-4-2-3-5-14(13)17/h2-10,16H,1H3,(H,20,21)/t10-/m0/s1. The van der Waals surface area contributed by atoms with Crippen molar-refractivity contribution in [2.45, 2.75) is 19.6 Å². The summed E-state index contributed by atoms with van der Waals surface area (Å²) in [6, 6.07) is 11.1. The van der Waals surface area contributed by atoms with Gasteiger partial charge in [-0.15, -0.1) is 0 Å². The molecule has 0 aliphatic carbocycles. The molecule has 0 saturated carbocycles. The first-order valence-electron chi connectivity index (χ1n) is 6.57. The van der Waals surface area contributed by atoms with E-state index in [2.05, 4.69) is 10.1 Å². The fraction of sp³-hybridized carbons (Fsp3) is 0.188. The van der Waals surface area contributed by atoms with Gasteiger partial charge < -0.3 is 10.1 Å². The number of alkyl halides is 2. The summed E-state index contributed by atoms with van der Waals surface area (Å²) >= 11 is 0. The number of carbonyl (C=O) groups excluding carboxylic acids is 1. The zero-order valence-electron chi connectivity index (χ0n) is 11.7. The molecule has 1 atom stereocenters. The molecule has 0 bridgehead atoms. The molecular weight excluding hydrogens is 295 g/mol. The Morgan fingerprint density at radius 3 is 2.32 bits per heavy atom. The van der Waals surface area contributed by atoms with Crippen LogP contribution in [0.5, 0.6) is 5.75 Å². The van der Waals surface area contributed by atoms with Crippen LogP contribution in [0.15, 0.2) is 48.5 Å². The lowest BCUT2D eigenvalue weighted by molar-refractivity contribution is -0.0498. The van der Waals surface area contributed by atoms with Crippen LogP contribution in [0, 0.1) is 5.82 Å². The van der Waals surface area contributed by atoms with Crippen molar-refractivity contribution in [2.75, 3.05) is 0 Å². The Balaban J connectivity index is 2.04. The molecule has 0 aliphatic rings. The second kappa shape index (κ2) is 6.98. The third kappa shape index (κ3) is 4.00. The predicted octanol–water partition coefficient (Wildman–Crippen LogP) is 3.92. The van der Waals surface area contributed by atoms with Gasteiger partial charge in [-0.25, -0.2) is 4.39 Å². The maximum absolute atomic E-state index is 13.5. The Morgan fingerprint density at radius 2 is 1.73 bits per heavy atom. The van der Waals surface area contributed by atoms with Crippen LogP contribution < -0.4 is 10.1 Å². The Hall–Kier alpha value is -2.50. The van der Waals surface area contributed by atoms with Crippen LogP contribution in [0.3, 0.4) is 0 Å². The fourth-order valence-electron chi connectivity index (χ4n) is 1.94. The second-order valence-electron chi connectivity index (χ2n) is 4.62. The van der Waals surface area contributed by atoms with Crippen LogP contribution in [0.1, 0.15) is 28.9 Å². The van der Waals surface area contributed by atoms with Gasteiger partial charge in [-0.1, -0.05) is 24.3 Å². The number of carbonyl (C=O) groups is 1. The minimum atomic E-state index is -2.89. The number of nitrogens with one attached hydrogen (secondary N) is 1. The number of rotatable bonds is 5. The summed E-state index contributed by atoms with van der Waals surface area (Å²) in [6.45, 7) is -1.18. The van der Waals surface area contributed by atoms with Crippen LogP contribution in [0.2, 0.25) is 0 Å². The Kier molecular flexibility index (Phi) is 5.04. The van der Waals surface area contributed by atoms with Crippen molar-refractivity contribution in [3.8, 4) is 5.75 Å². The molecule has 116 valence electrons. The van der Waals surface area contributed by atoms with Crippen molar-refractivity contribution >= 4 is 5.91 Å². The quantitative estimate of drug-likeness (QED) is 0.909. The molecule has 2 aromatic carbocycles. The molecule has 0 spiro atoms. The topological polar surface area (TPSA) is 38.3 Å². The lowest BCUT2D eigenvalue weighted by atomic mass is 10.1. The highest BCUT2D eigenvalue weighted by Crippen LogP contribution is 2.19. The molecule has 0 fully saturated rings. The summed E-state index contributed by atoms with van der Waals surface area (Å²) in [5.74, 6) is -1.11. The summed E-state index contributed by atoms with van der Waals surface area (Å²) in [6.07, 6.45) is 0. The molecule has 1 amide bonds. The largest absolute Gasteiger partial charge is 0.435 e. The minimum absolute atomic E-state index is 0.0337. The van der Waals surface area contributed by atoms with E-state index in [0.717, 1.165) is 0 Å². The van der Waals surface area contributed by atoms with Crippen molar-refractivity contribution in [1.82, 2.24) is 5.32 Å². The highest BCUT2D eigenvalue weighted by molar-refractivity contribution is 5.94. The molecule has 6 heteroatoms. The third-order valence-electron chi connectivity index (χ3n) is 3.07. The molecular formula is C16H14F3NO2. The van der Waals surface area contributed by atoms with Gasteiger partial charge in [0.15, 0.2) is 0 Å². The number of ether oxygens (including phenoxy) is 1. The number of amides is 1. The summed E-state index contributed by atoms with van der Waals surface area (Å²) < 4.78 is 41.9. The molecule has 3 nitrogen and oxygen atoms in total. The van der Waals surface area contributed by atoms with E-state index in [1.165, 1.54) is 30.3 Å². The molecule has 0 aromatic heterocycles. The minimum Gasteiger partial charge on any atom is -0.435 e. The molecule has 2 rings (SSSR count). The van der Waals surface area contributed by atoms with Gasteiger partial charge >= 0.3 is 6.61 Å². The summed E-state index contributed by atoms with van der Waals surface area (Å²) in [4.78, 5) is 12.0. The molecule has 0 heterocycles. The van der Waals surface area contributed by atoms with Crippen molar-refractivity contribution in [3.05, 3.63) is 65.5 Å². The second-order valence-corrected chi connectivity index (χ2v) is 4.62. The molecule has 0 saturated heterocycles. The van der Waals surface area contributed by atoms with Gasteiger partial charge in [0.05, 0.1) is 11.6 Å². The summed E-state index contributed by atoms with van der Waals surface area (Å²) in [5.41, 5.74) is 0.637. The molecule has 1 N–H and O–H groups in total. The van der Waals surface area contributed by atoms with E-state index < -0.39 is 24.4 Å². The van der Waals surface area contributed by atoms with Gasteiger partial charge in [0.1, 0.15) is 11.6 Å². The van der Waals surface area contributed by atoms with Gasteiger partial charge in [-0.05, 0) is 36.8 Å². The molecule has 0 radical (unpaired) electrons.